The lowest BCUT2D eigenvalue weighted by atomic mass is 9.86. The van der Waals surface area contributed by atoms with Gasteiger partial charge in [-0.1, -0.05) is 0 Å². The van der Waals surface area contributed by atoms with Crippen molar-refractivity contribution in [3.05, 3.63) is 10.4 Å². The molecular formula is C10H16BNO2S. The van der Waals surface area contributed by atoms with Crippen molar-refractivity contribution in [2.75, 3.05) is 0 Å². The molecular weight excluding hydrogens is 209 g/mol. The Morgan fingerprint density at radius 1 is 1.20 bits per heavy atom. The summed E-state index contributed by atoms with van der Waals surface area (Å²) in [6.45, 7) is 10.2. The largest absolute Gasteiger partial charge is 0.515 e. The van der Waals surface area contributed by atoms with Crippen molar-refractivity contribution in [2.24, 2.45) is 0 Å². The van der Waals surface area contributed by atoms with Gasteiger partial charge in [0.05, 0.1) is 21.8 Å². The Morgan fingerprint density at radius 3 is 2.13 bits per heavy atom. The second-order valence-corrected chi connectivity index (χ2v) is 5.94. The van der Waals surface area contributed by atoms with Crippen LogP contribution in [-0.2, 0) is 9.31 Å². The van der Waals surface area contributed by atoms with Gasteiger partial charge in [0.25, 0.3) is 0 Å². The Hall–Kier alpha value is -0.385. The Balaban J connectivity index is 2.23. The maximum atomic E-state index is 5.89. The molecule has 1 aliphatic rings. The molecule has 0 atom stereocenters. The van der Waals surface area contributed by atoms with Crippen molar-refractivity contribution < 1.29 is 9.31 Å². The van der Waals surface area contributed by atoms with Gasteiger partial charge < -0.3 is 9.31 Å². The van der Waals surface area contributed by atoms with Crippen molar-refractivity contribution in [2.45, 2.75) is 45.8 Å². The van der Waals surface area contributed by atoms with Crippen LogP contribution in [0.15, 0.2) is 5.38 Å². The molecule has 1 aliphatic heterocycles. The van der Waals surface area contributed by atoms with E-state index >= 15 is 0 Å². The van der Waals surface area contributed by atoms with Gasteiger partial charge in [-0.15, -0.1) is 11.3 Å². The minimum absolute atomic E-state index is 0.283. The first-order valence-corrected chi connectivity index (χ1v) is 5.97. The minimum atomic E-state index is -0.319. The first-order valence-electron chi connectivity index (χ1n) is 5.09. The molecule has 0 aliphatic carbocycles. The van der Waals surface area contributed by atoms with Crippen LogP contribution in [0.1, 0.15) is 32.7 Å². The monoisotopic (exact) mass is 225 g/mol. The number of rotatable bonds is 1. The highest BCUT2D eigenvalue weighted by atomic mass is 32.1. The first-order chi connectivity index (χ1) is 6.82. The van der Waals surface area contributed by atoms with Crippen LogP contribution < -0.4 is 5.59 Å². The second-order valence-electron chi connectivity index (χ2n) is 4.88. The fourth-order valence-corrected chi connectivity index (χ4v) is 2.07. The van der Waals surface area contributed by atoms with Crippen molar-refractivity contribution in [1.82, 2.24) is 4.98 Å². The third-order valence-electron chi connectivity index (χ3n) is 3.13. The first kappa shape index (κ1) is 11.1. The quantitative estimate of drug-likeness (QED) is 0.682. The minimum Gasteiger partial charge on any atom is -0.398 e. The second kappa shape index (κ2) is 3.30. The van der Waals surface area contributed by atoms with Crippen LogP contribution in [0.4, 0.5) is 0 Å². The Bertz CT molecular complexity index is 359. The molecule has 0 radical (unpaired) electrons. The van der Waals surface area contributed by atoms with Crippen LogP contribution in [0.25, 0.3) is 0 Å². The van der Waals surface area contributed by atoms with Gasteiger partial charge in [0.15, 0.2) is 0 Å². The van der Waals surface area contributed by atoms with Gasteiger partial charge in [-0.05, 0) is 34.6 Å². The van der Waals surface area contributed by atoms with E-state index in [1.165, 1.54) is 0 Å². The van der Waals surface area contributed by atoms with E-state index in [2.05, 4.69) is 4.98 Å². The predicted molar refractivity (Wildman–Crippen MR) is 62.6 cm³/mol. The van der Waals surface area contributed by atoms with Gasteiger partial charge in [-0.25, -0.2) is 0 Å². The molecule has 1 saturated heterocycles. The van der Waals surface area contributed by atoms with Gasteiger partial charge in [0.2, 0.25) is 0 Å². The molecule has 0 saturated carbocycles. The standard InChI is InChI=1S/C10H16BNO2S/c1-7-12-8(6-15-7)11-13-9(2,3)10(4,5)14-11/h6H,1-5H3. The summed E-state index contributed by atoms with van der Waals surface area (Å²) in [5.41, 5.74) is 0.320. The zero-order chi connectivity index (χ0) is 11.3. The molecule has 2 heterocycles. The SMILES string of the molecule is Cc1nc(B2OC(C)(C)C(C)(C)O2)cs1. The molecule has 0 N–H and O–H groups in total. The van der Waals surface area contributed by atoms with Crippen LogP contribution in [0, 0.1) is 6.92 Å². The topological polar surface area (TPSA) is 31.4 Å². The fraction of sp³-hybridized carbons (Fsp3) is 0.700. The normalized spacial score (nSPS) is 23.4. The van der Waals surface area contributed by atoms with Crippen molar-refractivity contribution in [3.63, 3.8) is 0 Å². The van der Waals surface area contributed by atoms with Gasteiger partial charge >= 0.3 is 7.12 Å². The zero-order valence-electron chi connectivity index (χ0n) is 9.83. The van der Waals surface area contributed by atoms with Gasteiger partial charge in [-0.2, -0.15) is 0 Å². The Labute approximate surface area is 95.0 Å². The summed E-state index contributed by atoms with van der Waals surface area (Å²) in [5.74, 6) is 0. The van der Waals surface area contributed by atoms with Crippen molar-refractivity contribution in [3.8, 4) is 0 Å². The third-order valence-corrected chi connectivity index (χ3v) is 3.92. The summed E-state index contributed by atoms with van der Waals surface area (Å²) >= 11 is 1.62. The maximum absolute atomic E-state index is 5.89. The molecule has 15 heavy (non-hydrogen) atoms. The third kappa shape index (κ3) is 1.84. The van der Waals surface area contributed by atoms with Gasteiger partial charge in [-0.3, -0.25) is 4.98 Å². The lowest BCUT2D eigenvalue weighted by Crippen LogP contribution is -2.41. The van der Waals surface area contributed by atoms with Crippen molar-refractivity contribution >= 4 is 24.0 Å². The maximum Gasteiger partial charge on any atom is 0.515 e. The van der Waals surface area contributed by atoms with Gasteiger partial charge in [0.1, 0.15) is 0 Å². The van der Waals surface area contributed by atoms with Crippen LogP contribution in [0.3, 0.4) is 0 Å². The summed E-state index contributed by atoms with van der Waals surface area (Å²) in [5, 5.41) is 3.04. The number of hydrogen-bond acceptors (Lipinski definition) is 4. The van der Waals surface area contributed by atoms with Gasteiger partial charge in [0, 0.05) is 5.38 Å². The van der Waals surface area contributed by atoms with Crippen molar-refractivity contribution in [1.29, 1.82) is 0 Å². The molecule has 0 bridgehead atoms. The van der Waals surface area contributed by atoms with E-state index in [-0.39, 0.29) is 18.3 Å². The summed E-state index contributed by atoms with van der Waals surface area (Å²) in [4.78, 5) is 4.39. The van der Waals surface area contributed by atoms with E-state index in [0.717, 1.165) is 10.6 Å². The summed E-state index contributed by atoms with van der Waals surface area (Å²) in [6.07, 6.45) is 0. The Morgan fingerprint density at radius 2 is 1.73 bits per heavy atom. The number of aryl methyl sites for hydroxylation is 1. The molecule has 0 spiro atoms. The molecule has 3 nitrogen and oxygen atoms in total. The van der Waals surface area contributed by atoms with Crippen LogP contribution in [0.2, 0.25) is 0 Å². The molecule has 1 aromatic rings. The highest BCUT2D eigenvalue weighted by Gasteiger charge is 2.52. The summed E-state index contributed by atoms with van der Waals surface area (Å²) < 4.78 is 11.8. The molecule has 5 heteroatoms. The lowest BCUT2D eigenvalue weighted by molar-refractivity contribution is 0.00578. The van der Waals surface area contributed by atoms with E-state index in [4.69, 9.17) is 9.31 Å². The summed E-state index contributed by atoms with van der Waals surface area (Å²) in [7, 11) is -0.319. The molecule has 0 aromatic carbocycles. The van der Waals surface area contributed by atoms with Crippen LogP contribution in [-0.4, -0.2) is 23.3 Å². The average Bonchev–Trinajstić information content (AvgIpc) is 2.56. The number of aromatic nitrogens is 1. The molecule has 82 valence electrons. The average molecular weight is 225 g/mol. The summed E-state index contributed by atoms with van der Waals surface area (Å²) in [6, 6.07) is 0. The number of nitrogens with zero attached hydrogens (tertiary/aromatic N) is 1. The van der Waals surface area contributed by atoms with Crippen LogP contribution >= 0.6 is 11.3 Å². The highest BCUT2D eigenvalue weighted by Crippen LogP contribution is 2.36. The smallest absolute Gasteiger partial charge is 0.398 e. The molecule has 0 amide bonds. The number of hydrogen-bond donors (Lipinski definition) is 0. The molecule has 1 fully saturated rings. The van der Waals surface area contributed by atoms with E-state index < -0.39 is 0 Å². The van der Waals surface area contributed by atoms with E-state index in [0.29, 0.717) is 0 Å². The molecule has 0 unspecified atom stereocenters. The highest BCUT2D eigenvalue weighted by molar-refractivity contribution is 7.10. The van der Waals surface area contributed by atoms with E-state index in [1.54, 1.807) is 11.3 Å². The van der Waals surface area contributed by atoms with E-state index in [9.17, 15) is 0 Å². The predicted octanol–water partition coefficient (Wildman–Crippen LogP) is 1.75. The van der Waals surface area contributed by atoms with Crippen LogP contribution in [0.5, 0.6) is 0 Å². The van der Waals surface area contributed by atoms with E-state index in [1.807, 2.05) is 40.0 Å². The Kier molecular flexibility index (Phi) is 2.45. The molecule has 2 rings (SSSR count). The lowest BCUT2D eigenvalue weighted by Gasteiger charge is -2.32. The zero-order valence-corrected chi connectivity index (χ0v) is 10.6. The fourth-order valence-electron chi connectivity index (χ4n) is 1.45. The molecule has 1 aromatic heterocycles. The number of thiazole rings is 1.